The van der Waals surface area contributed by atoms with E-state index in [1.165, 1.54) is 23.1 Å². The topological polar surface area (TPSA) is 100 Å². The molecule has 1 aromatic carbocycles. The van der Waals surface area contributed by atoms with Crippen molar-refractivity contribution in [3.05, 3.63) is 39.5 Å². The summed E-state index contributed by atoms with van der Waals surface area (Å²) in [5.74, 6) is -1.18. The van der Waals surface area contributed by atoms with Crippen LogP contribution in [-0.4, -0.2) is 74.7 Å². The molecule has 1 fully saturated rings. The molecule has 208 valence electrons. The first-order chi connectivity index (χ1) is 18.1. The fourth-order valence-corrected chi connectivity index (χ4v) is 5.01. The van der Waals surface area contributed by atoms with Gasteiger partial charge in [-0.3, -0.25) is 19.3 Å². The van der Waals surface area contributed by atoms with Crippen LogP contribution in [0.3, 0.4) is 0 Å². The van der Waals surface area contributed by atoms with E-state index in [-0.39, 0.29) is 61.2 Å². The Morgan fingerprint density at radius 3 is 2.63 bits per heavy atom. The Bertz CT molecular complexity index is 1130. The molecule has 0 aliphatic carbocycles. The van der Waals surface area contributed by atoms with E-state index in [1.807, 2.05) is 25.7 Å². The smallest absolute Gasteiger partial charge is 0.387 e. The molecule has 38 heavy (non-hydrogen) atoms. The van der Waals surface area contributed by atoms with Gasteiger partial charge in [0.15, 0.2) is 5.75 Å². The van der Waals surface area contributed by atoms with Gasteiger partial charge in [0, 0.05) is 31.4 Å². The van der Waals surface area contributed by atoms with Crippen LogP contribution in [0.1, 0.15) is 30.4 Å². The van der Waals surface area contributed by atoms with Gasteiger partial charge < -0.3 is 25.0 Å². The average Bonchev–Trinajstić information content (AvgIpc) is 3.30. The summed E-state index contributed by atoms with van der Waals surface area (Å²) >= 11 is 7.06. The summed E-state index contributed by atoms with van der Waals surface area (Å²) in [6.07, 6.45) is 0. The number of nitrogens with one attached hydrogen (secondary N) is 2. The zero-order valence-electron chi connectivity index (χ0n) is 21.3. The van der Waals surface area contributed by atoms with Crippen molar-refractivity contribution in [2.24, 2.45) is 5.92 Å². The molecule has 2 heterocycles. The highest BCUT2D eigenvalue weighted by Gasteiger charge is 2.28. The molecule has 9 nitrogen and oxygen atoms in total. The number of benzene rings is 1. The molecular formula is C25H31ClF2N4O5S. The number of carbonyl (C=O) groups is 3. The Morgan fingerprint density at radius 2 is 2.03 bits per heavy atom. The predicted octanol–water partition coefficient (Wildman–Crippen LogP) is 4.08. The molecule has 0 unspecified atom stereocenters. The predicted molar refractivity (Wildman–Crippen MR) is 142 cm³/mol. The summed E-state index contributed by atoms with van der Waals surface area (Å²) < 4.78 is 36.6. The van der Waals surface area contributed by atoms with Gasteiger partial charge >= 0.3 is 6.61 Å². The first kappa shape index (κ1) is 29.8. The van der Waals surface area contributed by atoms with Crippen LogP contribution in [0.15, 0.2) is 30.3 Å². The van der Waals surface area contributed by atoms with E-state index < -0.39 is 18.6 Å². The summed E-state index contributed by atoms with van der Waals surface area (Å²) in [4.78, 5) is 41.9. The number of carbonyl (C=O) groups excluding carboxylic acids is 3. The number of likely N-dealkylation sites (N-methyl/N-ethyl adjacent to an activating group) is 1. The van der Waals surface area contributed by atoms with E-state index in [4.69, 9.17) is 16.3 Å². The minimum absolute atomic E-state index is 0.0154. The summed E-state index contributed by atoms with van der Waals surface area (Å²) in [5.41, 5.74) is 0.363. The standard InChI is InChI=1S/C25H31ClF2N4O5S/c1-4-31(13-15(2)3)18(12-29-24(35)20-7-8-21(26)38-20)23(34)30-16-5-6-17(19(11-16)37-25(27)28)32-9-10-36-14-22(32)33/h5-8,11,15,18,25H,4,9-10,12-14H2,1-3H3,(H,29,35)(H,30,34)/t18-/m1/s1. The minimum atomic E-state index is -3.13. The maximum Gasteiger partial charge on any atom is 0.387 e. The lowest BCUT2D eigenvalue weighted by Gasteiger charge is -2.31. The number of alkyl halides is 2. The lowest BCUT2D eigenvalue weighted by atomic mass is 10.1. The van der Waals surface area contributed by atoms with Crippen LogP contribution in [0.2, 0.25) is 4.34 Å². The number of anilines is 2. The van der Waals surface area contributed by atoms with Crippen LogP contribution >= 0.6 is 22.9 Å². The molecule has 0 bridgehead atoms. The fourth-order valence-electron chi connectivity index (χ4n) is 4.05. The lowest BCUT2D eigenvalue weighted by molar-refractivity contribution is -0.126. The van der Waals surface area contributed by atoms with Crippen molar-refractivity contribution < 1.29 is 32.6 Å². The molecule has 1 aromatic heterocycles. The van der Waals surface area contributed by atoms with Crippen molar-refractivity contribution in [2.75, 3.05) is 49.6 Å². The summed E-state index contributed by atoms with van der Waals surface area (Å²) in [7, 11) is 0. The highest BCUT2D eigenvalue weighted by atomic mass is 35.5. The molecular weight excluding hydrogens is 542 g/mol. The zero-order chi connectivity index (χ0) is 27.8. The Balaban J connectivity index is 1.82. The molecule has 13 heteroatoms. The van der Waals surface area contributed by atoms with Gasteiger partial charge in [0.25, 0.3) is 11.8 Å². The number of amides is 3. The second kappa shape index (κ2) is 13.8. The van der Waals surface area contributed by atoms with E-state index in [1.54, 1.807) is 12.1 Å². The van der Waals surface area contributed by atoms with Crippen LogP contribution in [0, 0.1) is 5.92 Å². The van der Waals surface area contributed by atoms with Gasteiger partial charge in [-0.05, 0) is 36.7 Å². The van der Waals surface area contributed by atoms with Gasteiger partial charge in [-0.2, -0.15) is 8.78 Å². The third-order valence-electron chi connectivity index (χ3n) is 5.72. The van der Waals surface area contributed by atoms with Gasteiger partial charge in [0.05, 0.1) is 21.5 Å². The molecule has 3 amide bonds. The van der Waals surface area contributed by atoms with Crippen LogP contribution in [0.4, 0.5) is 20.2 Å². The summed E-state index contributed by atoms with van der Waals surface area (Å²) in [5, 5.41) is 5.54. The van der Waals surface area contributed by atoms with Crippen LogP contribution in [-0.2, 0) is 14.3 Å². The molecule has 2 aromatic rings. The second-order valence-electron chi connectivity index (χ2n) is 8.96. The molecule has 1 aliphatic rings. The third kappa shape index (κ3) is 8.10. The minimum Gasteiger partial charge on any atom is -0.433 e. The summed E-state index contributed by atoms with van der Waals surface area (Å²) in [6.45, 7) is 4.23. The number of rotatable bonds is 12. The normalized spacial score (nSPS) is 14.8. The second-order valence-corrected chi connectivity index (χ2v) is 10.7. The van der Waals surface area contributed by atoms with E-state index in [0.29, 0.717) is 22.3 Å². The van der Waals surface area contributed by atoms with Gasteiger partial charge in [-0.25, -0.2) is 0 Å². The Labute approximate surface area is 229 Å². The van der Waals surface area contributed by atoms with Gasteiger partial charge in [0.2, 0.25) is 5.91 Å². The number of nitrogens with zero attached hydrogens (tertiary/aromatic N) is 2. The number of hydrogen-bond acceptors (Lipinski definition) is 7. The van der Waals surface area contributed by atoms with E-state index in [0.717, 1.165) is 11.3 Å². The first-order valence-electron chi connectivity index (χ1n) is 12.1. The van der Waals surface area contributed by atoms with E-state index in [2.05, 4.69) is 15.4 Å². The number of halogens is 3. The first-order valence-corrected chi connectivity index (χ1v) is 13.3. The van der Waals surface area contributed by atoms with Crippen LogP contribution in [0.5, 0.6) is 5.75 Å². The fraction of sp³-hybridized carbons (Fsp3) is 0.480. The molecule has 0 saturated carbocycles. The van der Waals surface area contributed by atoms with Crippen molar-refractivity contribution in [3.63, 3.8) is 0 Å². The maximum absolute atomic E-state index is 13.4. The Kier molecular flexibility index (Phi) is 10.8. The molecule has 1 atom stereocenters. The average molecular weight is 573 g/mol. The molecule has 1 saturated heterocycles. The maximum atomic E-state index is 13.4. The lowest BCUT2D eigenvalue weighted by Crippen LogP contribution is -2.51. The number of morpholine rings is 1. The van der Waals surface area contributed by atoms with Crippen molar-refractivity contribution in [1.29, 1.82) is 0 Å². The highest BCUT2D eigenvalue weighted by molar-refractivity contribution is 7.18. The quantitative estimate of drug-likeness (QED) is 0.398. The van der Waals surface area contributed by atoms with E-state index >= 15 is 0 Å². The Hall–Kier alpha value is -2.80. The molecule has 0 radical (unpaired) electrons. The molecule has 3 rings (SSSR count). The molecule has 1 aliphatic heterocycles. The van der Waals surface area contributed by atoms with Crippen LogP contribution in [0.25, 0.3) is 0 Å². The van der Waals surface area contributed by atoms with Crippen LogP contribution < -0.4 is 20.3 Å². The van der Waals surface area contributed by atoms with Gasteiger partial charge in [-0.1, -0.05) is 32.4 Å². The zero-order valence-corrected chi connectivity index (χ0v) is 22.9. The van der Waals surface area contributed by atoms with Crippen molar-refractivity contribution in [3.8, 4) is 5.75 Å². The highest BCUT2D eigenvalue weighted by Crippen LogP contribution is 2.33. The van der Waals surface area contributed by atoms with Crippen molar-refractivity contribution in [1.82, 2.24) is 10.2 Å². The van der Waals surface area contributed by atoms with Gasteiger partial charge in [-0.15, -0.1) is 11.3 Å². The largest absolute Gasteiger partial charge is 0.433 e. The van der Waals surface area contributed by atoms with Crippen molar-refractivity contribution in [2.45, 2.75) is 33.4 Å². The Morgan fingerprint density at radius 1 is 1.26 bits per heavy atom. The van der Waals surface area contributed by atoms with E-state index in [9.17, 15) is 23.2 Å². The molecule has 2 N–H and O–H groups in total. The number of hydrogen-bond donors (Lipinski definition) is 2. The SMILES string of the molecule is CCN(CC(C)C)[C@H](CNC(=O)c1ccc(Cl)s1)C(=O)Nc1ccc(N2CCOCC2=O)c(OC(F)F)c1. The number of thiophene rings is 1. The third-order valence-corrected chi connectivity index (χ3v) is 6.95. The monoisotopic (exact) mass is 572 g/mol. The number of ether oxygens (including phenoxy) is 2. The molecule has 0 spiro atoms. The summed E-state index contributed by atoms with van der Waals surface area (Å²) in [6, 6.07) is 6.69. The van der Waals surface area contributed by atoms with Gasteiger partial charge in [0.1, 0.15) is 12.6 Å². The van der Waals surface area contributed by atoms with Crippen molar-refractivity contribution >= 4 is 52.0 Å².